The van der Waals surface area contributed by atoms with Gasteiger partial charge in [0, 0.05) is 13.0 Å². The molecular formula is C22H27NO7. The molecule has 0 atom stereocenters. The van der Waals surface area contributed by atoms with Crippen molar-refractivity contribution in [2.75, 3.05) is 35.0 Å². The molecule has 0 aromatic heterocycles. The van der Waals surface area contributed by atoms with Crippen LogP contribution < -0.4 is 24.3 Å². The molecule has 0 saturated carbocycles. The number of ether oxygens (including phenoxy) is 5. The molecule has 162 valence electrons. The van der Waals surface area contributed by atoms with Gasteiger partial charge in [0.15, 0.2) is 29.6 Å². The molecule has 2 rings (SSSR count). The second-order valence-corrected chi connectivity index (χ2v) is 6.32. The van der Waals surface area contributed by atoms with Crippen LogP contribution in [0.2, 0.25) is 0 Å². The summed E-state index contributed by atoms with van der Waals surface area (Å²) in [5, 5.41) is 2.70. The maximum absolute atomic E-state index is 12.0. The fourth-order valence-electron chi connectivity index (χ4n) is 2.74. The summed E-state index contributed by atoms with van der Waals surface area (Å²) in [7, 11) is 6.21. The van der Waals surface area contributed by atoms with Gasteiger partial charge in [-0.2, -0.15) is 0 Å². The number of carbonyl (C=O) groups is 2. The summed E-state index contributed by atoms with van der Waals surface area (Å²) in [5.74, 6) is 1.56. The lowest BCUT2D eigenvalue weighted by Crippen LogP contribution is -2.28. The van der Waals surface area contributed by atoms with E-state index in [1.165, 1.54) is 0 Å². The molecule has 8 nitrogen and oxygen atoms in total. The van der Waals surface area contributed by atoms with Crippen molar-refractivity contribution in [2.45, 2.75) is 19.4 Å². The van der Waals surface area contributed by atoms with Gasteiger partial charge in [0.2, 0.25) is 0 Å². The van der Waals surface area contributed by atoms with E-state index in [0.29, 0.717) is 29.4 Å². The number of esters is 1. The summed E-state index contributed by atoms with van der Waals surface area (Å²) >= 11 is 0. The first-order chi connectivity index (χ1) is 14.5. The number of methoxy groups -OCH3 is 4. The SMILES string of the molecule is COc1ccc(CCC(=O)OCC(=O)NCc2ccc(OC)c(OC)c2)cc1OC. The zero-order valence-electron chi connectivity index (χ0n) is 17.7. The molecule has 0 unspecified atom stereocenters. The van der Waals surface area contributed by atoms with Crippen molar-refractivity contribution in [1.29, 1.82) is 0 Å². The van der Waals surface area contributed by atoms with E-state index in [2.05, 4.69) is 5.32 Å². The second-order valence-electron chi connectivity index (χ2n) is 6.32. The van der Waals surface area contributed by atoms with Crippen LogP contribution in [0, 0.1) is 0 Å². The van der Waals surface area contributed by atoms with Crippen LogP contribution in [0.1, 0.15) is 17.5 Å². The summed E-state index contributed by atoms with van der Waals surface area (Å²) in [6.07, 6.45) is 0.616. The number of aryl methyl sites for hydroxylation is 1. The summed E-state index contributed by atoms with van der Waals surface area (Å²) in [6.45, 7) is -0.0551. The molecule has 2 aromatic carbocycles. The fourth-order valence-corrected chi connectivity index (χ4v) is 2.74. The van der Waals surface area contributed by atoms with Gasteiger partial charge in [-0.3, -0.25) is 9.59 Å². The molecule has 2 aromatic rings. The van der Waals surface area contributed by atoms with E-state index in [1.54, 1.807) is 46.6 Å². The number of hydrogen-bond donors (Lipinski definition) is 1. The van der Waals surface area contributed by atoms with Crippen molar-refractivity contribution in [3.63, 3.8) is 0 Å². The zero-order valence-corrected chi connectivity index (χ0v) is 17.7. The van der Waals surface area contributed by atoms with Gasteiger partial charge in [0.05, 0.1) is 28.4 Å². The molecular weight excluding hydrogens is 390 g/mol. The van der Waals surface area contributed by atoms with Crippen molar-refractivity contribution in [2.24, 2.45) is 0 Å². The second kappa shape index (κ2) is 11.5. The molecule has 0 aliphatic carbocycles. The molecule has 0 fully saturated rings. The Hall–Kier alpha value is -3.42. The molecule has 1 N–H and O–H groups in total. The van der Waals surface area contributed by atoms with Crippen LogP contribution >= 0.6 is 0 Å². The van der Waals surface area contributed by atoms with E-state index >= 15 is 0 Å². The van der Waals surface area contributed by atoms with Gasteiger partial charge in [-0.15, -0.1) is 0 Å². The predicted molar refractivity (Wildman–Crippen MR) is 110 cm³/mol. The van der Waals surface area contributed by atoms with Gasteiger partial charge in [0.25, 0.3) is 5.91 Å². The highest BCUT2D eigenvalue weighted by Crippen LogP contribution is 2.28. The molecule has 8 heteroatoms. The van der Waals surface area contributed by atoms with Gasteiger partial charge in [-0.1, -0.05) is 12.1 Å². The predicted octanol–water partition coefficient (Wildman–Crippen LogP) is 2.51. The minimum absolute atomic E-state index is 0.151. The molecule has 0 radical (unpaired) electrons. The number of rotatable bonds is 11. The van der Waals surface area contributed by atoms with E-state index in [1.807, 2.05) is 18.2 Å². The van der Waals surface area contributed by atoms with Crippen LogP contribution in [0.25, 0.3) is 0 Å². The van der Waals surface area contributed by atoms with E-state index in [0.717, 1.165) is 11.1 Å². The van der Waals surface area contributed by atoms with Crippen LogP contribution in [0.15, 0.2) is 36.4 Å². The van der Waals surface area contributed by atoms with Gasteiger partial charge in [0.1, 0.15) is 0 Å². The first-order valence-electron chi connectivity index (χ1n) is 9.34. The molecule has 0 aliphatic heterocycles. The summed E-state index contributed by atoms with van der Waals surface area (Å²) in [4.78, 5) is 23.9. The van der Waals surface area contributed by atoms with Crippen molar-refractivity contribution in [1.82, 2.24) is 5.32 Å². The standard InChI is InChI=1S/C22H27NO7/c1-26-17-8-5-15(11-19(17)28-3)7-10-22(25)30-14-21(24)23-13-16-6-9-18(27-2)20(12-16)29-4/h5-6,8-9,11-12H,7,10,13-14H2,1-4H3,(H,23,24). The Morgan fingerprint density at radius 1 is 0.767 bits per heavy atom. The first-order valence-corrected chi connectivity index (χ1v) is 9.34. The number of nitrogens with one attached hydrogen (secondary N) is 1. The highest BCUT2D eigenvalue weighted by Gasteiger charge is 2.11. The lowest BCUT2D eigenvalue weighted by atomic mass is 10.1. The normalized spacial score (nSPS) is 10.1. The van der Waals surface area contributed by atoms with E-state index in [-0.39, 0.29) is 25.5 Å². The number of carbonyl (C=O) groups excluding carboxylic acids is 2. The Labute approximate surface area is 176 Å². The maximum atomic E-state index is 12.0. The van der Waals surface area contributed by atoms with Crippen molar-refractivity contribution >= 4 is 11.9 Å². The largest absolute Gasteiger partial charge is 0.493 e. The van der Waals surface area contributed by atoms with Crippen molar-refractivity contribution in [3.05, 3.63) is 47.5 Å². The summed E-state index contributed by atoms with van der Waals surface area (Å²) < 4.78 is 25.9. The highest BCUT2D eigenvalue weighted by molar-refractivity contribution is 5.80. The number of benzene rings is 2. The van der Waals surface area contributed by atoms with Crippen LogP contribution in [-0.2, 0) is 27.3 Å². The smallest absolute Gasteiger partial charge is 0.306 e. The molecule has 30 heavy (non-hydrogen) atoms. The third kappa shape index (κ3) is 6.58. The summed E-state index contributed by atoms with van der Waals surface area (Å²) in [6, 6.07) is 10.8. The van der Waals surface area contributed by atoms with E-state index in [4.69, 9.17) is 23.7 Å². The Morgan fingerprint density at radius 3 is 1.87 bits per heavy atom. The monoisotopic (exact) mass is 417 g/mol. The third-order valence-electron chi connectivity index (χ3n) is 4.37. The molecule has 0 heterocycles. The van der Waals surface area contributed by atoms with Gasteiger partial charge < -0.3 is 29.0 Å². The lowest BCUT2D eigenvalue weighted by molar-refractivity contribution is -0.148. The Kier molecular flexibility index (Phi) is 8.80. The maximum Gasteiger partial charge on any atom is 0.306 e. The highest BCUT2D eigenvalue weighted by atomic mass is 16.5. The zero-order chi connectivity index (χ0) is 21.9. The van der Waals surface area contributed by atoms with Crippen LogP contribution in [0.4, 0.5) is 0 Å². The van der Waals surface area contributed by atoms with Crippen LogP contribution in [-0.4, -0.2) is 46.9 Å². The number of amides is 1. The van der Waals surface area contributed by atoms with Gasteiger partial charge in [-0.25, -0.2) is 0 Å². The lowest BCUT2D eigenvalue weighted by Gasteiger charge is -2.11. The van der Waals surface area contributed by atoms with Gasteiger partial charge >= 0.3 is 5.97 Å². The third-order valence-corrected chi connectivity index (χ3v) is 4.37. The minimum Gasteiger partial charge on any atom is -0.493 e. The Bertz CT molecular complexity index is 795. The molecule has 0 spiro atoms. The van der Waals surface area contributed by atoms with Crippen molar-refractivity contribution in [3.8, 4) is 23.0 Å². The topological polar surface area (TPSA) is 92.3 Å². The van der Waals surface area contributed by atoms with Crippen LogP contribution in [0.5, 0.6) is 23.0 Å². The average Bonchev–Trinajstić information content (AvgIpc) is 2.79. The first kappa shape index (κ1) is 22.9. The minimum atomic E-state index is -0.453. The van der Waals surface area contributed by atoms with E-state index < -0.39 is 5.97 Å². The van der Waals surface area contributed by atoms with Crippen LogP contribution in [0.3, 0.4) is 0 Å². The quantitative estimate of drug-likeness (QED) is 0.562. The molecule has 0 bridgehead atoms. The fraction of sp³-hybridized carbons (Fsp3) is 0.364. The Balaban J connectivity index is 1.75. The number of hydrogen-bond acceptors (Lipinski definition) is 7. The van der Waals surface area contributed by atoms with E-state index in [9.17, 15) is 9.59 Å². The average molecular weight is 417 g/mol. The summed E-state index contributed by atoms with van der Waals surface area (Å²) in [5.41, 5.74) is 1.74. The molecule has 1 amide bonds. The van der Waals surface area contributed by atoms with Gasteiger partial charge in [-0.05, 0) is 41.8 Å². The van der Waals surface area contributed by atoms with Crippen molar-refractivity contribution < 1.29 is 33.3 Å². The Morgan fingerprint density at radius 2 is 1.30 bits per heavy atom. The molecule has 0 saturated heterocycles. The molecule has 0 aliphatic rings.